The summed E-state index contributed by atoms with van der Waals surface area (Å²) in [5.74, 6) is -0.588. The van der Waals surface area contributed by atoms with Gasteiger partial charge < -0.3 is 19.9 Å². The number of benzene rings is 2. The number of carboxylic acid groups (broad SMARTS) is 1. The molecule has 1 fully saturated rings. The van der Waals surface area contributed by atoms with Crippen LogP contribution in [0.2, 0.25) is 0 Å². The van der Waals surface area contributed by atoms with Crippen LogP contribution in [0.1, 0.15) is 61.9 Å². The van der Waals surface area contributed by atoms with Crippen LogP contribution in [0.15, 0.2) is 53.1 Å². The zero-order chi connectivity index (χ0) is 26.4. The average Bonchev–Trinajstić information content (AvgIpc) is 3.17. The Morgan fingerprint density at radius 3 is 2.49 bits per heavy atom. The van der Waals surface area contributed by atoms with Gasteiger partial charge in [0.1, 0.15) is 0 Å². The van der Waals surface area contributed by atoms with E-state index >= 15 is 0 Å². The molecule has 9 nitrogen and oxygen atoms in total. The van der Waals surface area contributed by atoms with Gasteiger partial charge in [0.15, 0.2) is 18.1 Å². The molecule has 0 radical (unpaired) electrons. The van der Waals surface area contributed by atoms with Gasteiger partial charge in [0.25, 0.3) is 11.8 Å². The summed E-state index contributed by atoms with van der Waals surface area (Å²) in [4.78, 5) is 36.5. The number of carbonyl (C=O) groups is 3. The summed E-state index contributed by atoms with van der Waals surface area (Å²) >= 11 is 0. The molecule has 0 saturated heterocycles. The second-order valence-electron chi connectivity index (χ2n) is 9.04. The Balaban J connectivity index is 1.46. The second kappa shape index (κ2) is 11.7. The molecule has 2 aromatic rings. The minimum Gasteiger partial charge on any atom is -0.490 e. The van der Waals surface area contributed by atoms with E-state index in [-0.39, 0.29) is 30.0 Å². The molecule has 2 amide bonds. The lowest BCUT2D eigenvalue weighted by Crippen LogP contribution is -2.39. The number of aromatic carboxylic acids is 1. The van der Waals surface area contributed by atoms with Crippen molar-refractivity contribution >= 4 is 35.3 Å². The Morgan fingerprint density at radius 1 is 1.08 bits per heavy atom. The molecule has 37 heavy (non-hydrogen) atoms. The maximum atomic E-state index is 13.1. The van der Waals surface area contributed by atoms with Crippen molar-refractivity contribution in [2.75, 3.05) is 18.2 Å². The fourth-order valence-corrected chi connectivity index (χ4v) is 4.43. The van der Waals surface area contributed by atoms with Gasteiger partial charge in [0, 0.05) is 6.04 Å². The standard InChI is InChI=1S/C28H31N3O6/c1-3-36-25-16-19(9-14-24(25)37-17-26(32)29-21-7-5-4-6-8-21)15-23-18(2)30-31(27(23)33)22-12-10-20(11-13-22)28(34)35/h9-16,21H,3-8,17H2,1-2H3,(H,29,32)(H,34,35). The number of amides is 2. The van der Waals surface area contributed by atoms with Crippen LogP contribution >= 0.6 is 0 Å². The Labute approximate surface area is 215 Å². The van der Waals surface area contributed by atoms with Gasteiger partial charge in [-0.15, -0.1) is 0 Å². The molecule has 0 spiro atoms. The van der Waals surface area contributed by atoms with Gasteiger partial charge in [-0.3, -0.25) is 9.59 Å². The van der Waals surface area contributed by atoms with Crippen LogP contribution in [0.5, 0.6) is 11.5 Å². The zero-order valence-corrected chi connectivity index (χ0v) is 21.0. The normalized spacial score (nSPS) is 17.0. The van der Waals surface area contributed by atoms with Crippen LogP contribution in [0.25, 0.3) is 6.08 Å². The molecule has 2 aliphatic rings. The maximum absolute atomic E-state index is 13.1. The van der Waals surface area contributed by atoms with Crippen LogP contribution in [0.4, 0.5) is 5.69 Å². The van der Waals surface area contributed by atoms with E-state index in [9.17, 15) is 14.4 Å². The molecule has 2 N–H and O–H groups in total. The lowest BCUT2D eigenvalue weighted by molar-refractivity contribution is -0.124. The van der Waals surface area contributed by atoms with Gasteiger partial charge in [-0.1, -0.05) is 25.3 Å². The summed E-state index contributed by atoms with van der Waals surface area (Å²) in [6, 6.07) is 11.4. The summed E-state index contributed by atoms with van der Waals surface area (Å²) in [7, 11) is 0. The summed E-state index contributed by atoms with van der Waals surface area (Å²) in [6.45, 7) is 3.90. The third-order valence-corrected chi connectivity index (χ3v) is 6.33. The van der Waals surface area contributed by atoms with Crippen LogP contribution in [-0.2, 0) is 9.59 Å². The Kier molecular flexibility index (Phi) is 8.22. The minimum absolute atomic E-state index is 0.100. The fraction of sp³-hybridized carbons (Fsp3) is 0.357. The number of hydrogen-bond acceptors (Lipinski definition) is 6. The molecule has 1 aliphatic heterocycles. The molecule has 1 saturated carbocycles. The molecule has 1 heterocycles. The first-order valence-electron chi connectivity index (χ1n) is 12.5. The number of hydrogen-bond donors (Lipinski definition) is 2. The third kappa shape index (κ3) is 6.35. The van der Waals surface area contributed by atoms with Crippen molar-refractivity contribution in [3.05, 3.63) is 59.2 Å². The van der Waals surface area contributed by atoms with Crippen molar-refractivity contribution in [3.63, 3.8) is 0 Å². The summed E-state index contributed by atoms with van der Waals surface area (Å²) < 4.78 is 11.5. The van der Waals surface area contributed by atoms with Crippen LogP contribution < -0.4 is 19.8 Å². The van der Waals surface area contributed by atoms with E-state index < -0.39 is 5.97 Å². The van der Waals surface area contributed by atoms with Crippen molar-refractivity contribution in [1.82, 2.24) is 5.32 Å². The quantitative estimate of drug-likeness (QED) is 0.487. The maximum Gasteiger partial charge on any atom is 0.335 e. The van der Waals surface area contributed by atoms with Crippen molar-refractivity contribution in [3.8, 4) is 11.5 Å². The van der Waals surface area contributed by atoms with E-state index in [1.807, 2.05) is 6.92 Å². The predicted molar refractivity (Wildman–Crippen MR) is 140 cm³/mol. The largest absolute Gasteiger partial charge is 0.490 e. The number of carboxylic acids is 1. The van der Waals surface area contributed by atoms with E-state index in [1.54, 1.807) is 43.3 Å². The summed E-state index contributed by atoms with van der Waals surface area (Å²) in [6.07, 6.45) is 7.22. The van der Waals surface area contributed by atoms with Crippen molar-refractivity contribution in [2.24, 2.45) is 5.10 Å². The van der Waals surface area contributed by atoms with E-state index in [2.05, 4.69) is 10.4 Å². The number of nitrogens with one attached hydrogen (secondary N) is 1. The summed E-state index contributed by atoms with van der Waals surface area (Å²) in [5.41, 5.74) is 2.26. The zero-order valence-electron chi connectivity index (χ0n) is 21.0. The van der Waals surface area contributed by atoms with Crippen molar-refractivity contribution in [2.45, 2.75) is 52.0 Å². The van der Waals surface area contributed by atoms with E-state index in [0.29, 0.717) is 40.6 Å². The van der Waals surface area contributed by atoms with Gasteiger partial charge in [-0.25, -0.2) is 4.79 Å². The molecule has 9 heteroatoms. The van der Waals surface area contributed by atoms with E-state index in [0.717, 1.165) is 25.7 Å². The van der Waals surface area contributed by atoms with Gasteiger partial charge >= 0.3 is 5.97 Å². The van der Waals surface area contributed by atoms with E-state index in [4.69, 9.17) is 14.6 Å². The van der Waals surface area contributed by atoms with Gasteiger partial charge in [0.2, 0.25) is 0 Å². The third-order valence-electron chi connectivity index (χ3n) is 6.33. The van der Waals surface area contributed by atoms with Gasteiger partial charge in [-0.05, 0) is 74.7 Å². The van der Waals surface area contributed by atoms with Crippen molar-refractivity contribution < 1.29 is 29.0 Å². The van der Waals surface area contributed by atoms with Gasteiger partial charge in [-0.2, -0.15) is 10.1 Å². The van der Waals surface area contributed by atoms with Crippen LogP contribution in [0, 0.1) is 0 Å². The van der Waals surface area contributed by atoms with Crippen LogP contribution in [0.3, 0.4) is 0 Å². The molecule has 0 bridgehead atoms. The number of anilines is 1. The lowest BCUT2D eigenvalue weighted by Gasteiger charge is -2.22. The lowest BCUT2D eigenvalue weighted by atomic mass is 9.95. The number of rotatable bonds is 9. The highest BCUT2D eigenvalue weighted by atomic mass is 16.5. The first-order chi connectivity index (χ1) is 17.9. The Hall–Kier alpha value is -4.14. The fourth-order valence-electron chi connectivity index (χ4n) is 4.43. The molecule has 2 aromatic carbocycles. The van der Waals surface area contributed by atoms with Crippen LogP contribution in [-0.4, -0.2) is 47.9 Å². The minimum atomic E-state index is -1.04. The Morgan fingerprint density at radius 2 is 1.81 bits per heavy atom. The highest BCUT2D eigenvalue weighted by Crippen LogP contribution is 2.31. The number of hydrazone groups is 1. The molecule has 1 aliphatic carbocycles. The number of carbonyl (C=O) groups excluding carboxylic acids is 2. The molecular formula is C28H31N3O6. The smallest absolute Gasteiger partial charge is 0.335 e. The van der Waals surface area contributed by atoms with Crippen molar-refractivity contribution in [1.29, 1.82) is 0 Å². The topological polar surface area (TPSA) is 118 Å². The monoisotopic (exact) mass is 505 g/mol. The molecule has 194 valence electrons. The van der Waals surface area contributed by atoms with E-state index in [1.165, 1.54) is 23.6 Å². The molecule has 4 rings (SSSR count). The average molecular weight is 506 g/mol. The molecule has 0 aromatic heterocycles. The summed E-state index contributed by atoms with van der Waals surface area (Å²) in [5, 5.41) is 17.7. The molecule has 0 atom stereocenters. The number of nitrogens with zero attached hydrogens (tertiary/aromatic N) is 2. The van der Waals surface area contributed by atoms with Gasteiger partial charge in [0.05, 0.1) is 29.1 Å². The highest BCUT2D eigenvalue weighted by molar-refractivity contribution is 6.32. The second-order valence-corrected chi connectivity index (χ2v) is 9.04. The number of ether oxygens (including phenoxy) is 2. The highest BCUT2D eigenvalue weighted by Gasteiger charge is 2.29. The SMILES string of the molecule is CCOc1cc(C=C2C(=O)N(c3ccc(C(=O)O)cc3)N=C2C)ccc1OCC(=O)NC1CCCCC1. The molecular weight excluding hydrogens is 474 g/mol. The first-order valence-corrected chi connectivity index (χ1v) is 12.5. The first kappa shape index (κ1) is 25.9. The molecule has 0 unspecified atom stereocenters. The Bertz CT molecular complexity index is 1230. The predicted octanol–water partition coefficient (Wildman–Crippen LogP) is 4.42.